The van der Waals surface area contributed by atoms with Gasteiger partial charge in [-0.25, -0.2) is 4.98 Å². The molecule has 3 aromatic rings. The van der Waals surface area contributed by atoms with Crippen LogP contribution >= 0.6 is 22.7 Å². The van der Waals surface area contributed by atoms with Crippen LogP contribution in [-0.4, -0.2) is 28.9 Å². The van der Waals surface area contributed by atoms with Gasteiger partial charge in [0.25, 0.3) is 5.91 Å². The summed E-state index contributed by atoms with van der Waals surface area (Å²) in [5.74, 6) is 0.865. The van der Waals surface area contributed by atoms with E-state index in [1.165, 1.54) is 21.8 Å². The molecule has 0 saturated carbocycles. The average molecular weight is 370 g/mol. The maximum atomic E-state index is 12.8. The van der Waals surface area contributed by atoms with Gasteiger partial charge in [-0.3, -0.25) is 4.79 Å². The van der Waals surface area contributed by atoms with Crippen molar-refractivity contribution in [3.05, 3.63) is 57.2 Å². The molecular weight excluding hydrogens is 352 g/mol. The molecule has 0 radical (unpaired) electrons. The molecule has 0 saturated heterocycles. The van der Waals surface area contributed by atoms with Crippen molar-refractivity contribution >= 4 is 28.6 Å². The molecule has 0 aliphatic carbocycles. The molecule has 6 heteroatoms. The lowest BCUT2D eigenvalue weighted by Crippen LogP contribution is -2.35. The van der Waals surface area contributed by atoms with E-state index in [0.717, 1.165) is 29.3 Å². The second kappa shape index (κ2) is 6.98. The fraction of sp³-hybridized carbons (Fsp3) is 0.263. The third-order valence-electron chi connectivity index (χ3n) is 4.23. The van der Waals surface area contributed by atoms with E-state index in [9.17, 15) is 4.79 Å². The SMILES string of the molecule is CCOc1ccc(-c2nc(C(=O)N3CCc4sccc4C3)cs2)cc1. The Kier molecular flexibility index (Phi) is 4.55. The molecular formula is C19H18N2O2S2. The van der Waals surface area contributed by atoms with Crippen LogP contribution in [0.5, 0.6) is 5.75 Å². The van der Waals surface area contributed by atoms with Crippen molar-refractivity contribution < 1.29 is 9.53 Å². The van der Waals surface area contributed by atoms with E-state index in [4.69, 9.17) is 4.74 Å². The number of hydrogen-bond donors (Lipinski definition) is 0. The molecule has 4 rings (SSSR count). The number of ether oxygens (including phenoxy) is 1. The molecule has 1 aliphatic rings. The number of thiophene rings is 1. The van der Waals surface area contributed by atoms with E-state index in [1.54, 1.807) is 11.3 Å². The van der Waals surface area contributed by atoms with Crippen molar-refractivity contribution in [1.29, 1.82) is 0 Å². The van der Waals surface area contributed by atoms with E-state index >= 15 is 0 Å². The van der Waals surface area contributed by atoms with Gasteiger partial charge in [0.15, 0.2) is 0 Å². The highest BCUT2D eigenvalue weighted by Gasteiger charge is 2.24. The second-order valence-corrected chi connectivity index (χ2v) is 7.70. The zero-order valence-corrected chi connectivity index (χ0v) is 15.5. The van der Waals surface area contributed by atoms with Gasteiger partial charge in [0.05, 0.1) is 6.61 Å². The number of nitrogens with zero attached hydrogens (tertiary/aromatic N) is 2. The van der Waals surface area contributed by atoms with Crippen LogP contribution < -0.4 is 4.74 Å². The summed E-state index contributed by atoms with van der Waals surface area (Å²) in [5, 5.41) is 4.82. The fourth-order valence-electron chi connectivity index (χ4n) is 2.95. The number of amides is 1. The maximum absolute atomic E-state index is 12.8. The van der Waals surface area contributed by atoms with Crippen LogP contribution in [0.4, 0.5) is 0 Å². The standard InChI is InChI=1S/C19H18N2O2S2/c1-2-23-15-5-3-13(4-6-15)18-20-16(12-25-18)19(22)21-9-7-17-14(11-21)8-10-24-17/h3-6,8,10,12H,2,7,9,11H2,1H3. The Bertz CT molecular complexity index is 883. The van der Waals surface area contributed by atoms with Gasteiger partial charge in [0.1, 0.15) is 16.5 Å². The van der Waals surface area contributed by atoms with E-state index < -0.39 is 0 Å². The molecule has 0 spiro atoms. The van der Waals surface area contributed by atoms with Gasteiger partial charge in [-0.15, -0.1) is 22.7 Å². The molecule has 0 unspecified atom stereocenters. The summed E-state index contributed by atoms with van der Waals surface area (Å²) >= 11 is 3.28. The topological polar surface area (TPSA) is 42.4 Å². The minimum atomic E-state index is 0.0188. The minimum Gasteiger partial charge on any atom is -0.494 e. The second-order valence-electron chi connectivity index (χ2n) is 5.84. The summed E-state index contributed by atoms with van der Waals surface area (Å²) in [5.41, 5.74) is 2.81. The van der Waals surface area contributed by atoms with Crippen molar-refractivity contribution in [2.75, 3.05) is 13.2 Å². The lowest BCUT2D eigenvalue weighted by Gasteiger charge is -2.26. The molecule has 0 N–H and O–H groups in total. The first-order chi connectivity index (χ1) is 12.2. The first-order valence-corrected chi connectivity index (χ1v) is 10.0. The predicted molar refractivity (Wildman–Crippen MR) is 101 cm³/mol. The van der Waals surface area contributed by atoms with Crippen LogP contribution in [0.3, 0.4) is 0 Å². The number of carbonyl (C=O) groups excluding carboxylic acids is 1. The monoisotopic (exact) mass is 370 g/mol. The Balaban J connectivity index is 1.50. The number of hydrogen-bond acceptors (Lipinski definition) is 5. The highest BCUT2D eigenvalue weighted by molar-refractivity contribution is 7.13. The summed E-state index contributed by atoms with van der Waals surface area (Å²) in [6, 6.07) is 9.95. The van der Waals surface area contributed by atoms with Gasteiger partial charge in [-0.2, -0.15) is 0 Å². The Morgan fingerprint density at radius 1 is 1.24 bits per heavy atom. The smallest absolute Gasteiger partial charge is 0.273 e. The van der Waals surface area contributed by atoms with Crippen LogP contribution in [0.15, 0.2) is 41.1 Å². The van der Waals surface area contributed by atoms with Crippen molar-refractivity contribution in [2.24, 2.45) is 0 Å². The van der Waals surface area contributed by atoms with Crippen molar-refractivity contribution in [1.82, 2.24) is 9.88 Å². The lowest BCUT2D eigenvalue weighted by atomic mass is 10.1. The highest BCUT2D eigenvalue weighted by atomic mass is 32.1. The van der Waals surface area contributed by atoms with Crippen molar-refractivity contribution in [2.45, 2.75) is 19.9 Å². The molecule has 2 aromatic heterocycles. The molecule has 1 aromatic carbocycles. The number of carbonyl (C=O) groups is 1. The molecule has 1 amide bonds. The Labute approximate surface area is 154 Å². The molecule has 0 fully saturated rings. The van der Waals surface area contributed by atoms with Crippen LogP contribution in [0.1, 0.15) is 27.9 Å². The summed E-state index contributed by atoms with van der Waals surface area (Å²) in [6.07, 6.45) is 0.939. The van der Waals surface area contributed by atoms with Gasteiger partial charge in [0, 0.05) is 28.9 Å². The maximum Gasteiger partial charge on any atom is 0.273 e. The van der Waals surface area contributed by atoms with E-state index in [1.807, 2.05) is 41.5 Å². The number of fused-ring (bicyclic) bond motifs is 1. The van der Waals surface area contributed by atoms with Crippen LogP contribution in [0.25, 0.3) is 10.6 Å². The summed E-state index contributed by atoms with van der Waals surface area (Å²) in [4.78, 5) is 20.6. The Hall–Kier alpha value is -2.18. The molecule has 3 heterocycles. The summed E-state index contributed by atoms with van der Waals surface area (Å²) in [6.45, 7) is 4.07. The number of thiazole rings is 1. The zero-order chi connectivity index (χ0) is 17.2. The fourth-order valence-corrected chi connectivity index (χ4v) is 4.64. The van der Waals surface area contributed by atoms with Gasteiger partial charge in [0.2, 0.25) is 0 Å². The van der Waals surface area contributed by atoms with E-state index in [0.29, 0.717) is 18.8 Å². The number of rotatable bonds is 4. The third-order valence-corrected chi connectivity index (χ3v) is 6.14. The van der Waals surface area contributed by atoms with Gasteiger partial charge < -0.3 is 9.64 Å². The molecule has 0 atom stereocenters. The quantitative estimate of drug-likeness (QED) is 0.680. The Morgan fingerprint density at radius 2 is 2.08 bits per heavy atom. The minimum absolute atomic E-state index is 0.0188. The van der Waals surface area contributed by atoms with Crippen molar-refractivity contribution in [3.8, 4) is 16.3 Å². The zero-order valence-electron chi connectivity index (χ0n) is 13.9. The predicted octanol–water partition coefficient (Wildman–Crippen LogP) is 4.47. The Morgan fingerprint density at radius 3 is 2.88 bits per heavy atom. The van der Waals surface area contributed by atoms with E-state index in [-0.39, 0.29) is 5.91 Å². The first-order valence-electron chi connectivity index (χ1n) is 8.28. The largest absolute Gasteiger partial charge is 0.494 e. The van der Waals surface area contributed by atoms with E-state index in [2.05, 4.69) is 16.4 Å². The number of aromatic nitrogens is 1. The third kappa shape index (κ3) is 3.32. The van der Waals surface area contributed by atoms with Crippen LogP contribution in [0, 0.1) is 0 Å². The highest BCUT2D eigenvalue weighted by Crippen LogP contribution is 2.28. The average Bonchev–Trinajstić information content (AvgIpc) is 3.31. The van der Waals surface area contributed by atoms with Crippen LogP contribution in [0.2, 0.25) is 0 Å². The van der Waals surface area contributed by atoms with Crippen molar-refractivity contribution in [3.63, 3.8) is 0 Å². The molecule has 4 nitrogen and oxygen atoms in total. The lowest BCUT2D eigenvalue weighted by molar-refractivity contribution is 0.0731. The van der Waals surface area contributed by atoms with Gasteiger partial charge in [-0.1, -0.05) is 0 Å². The molecule has 128 valence electrons. The summed E-state index contributed by atoms with van der Waals surface area (Å²) < 4.78 is 5.46. The number of benzene rings is 1. The first kappa shape index (κ1) is 16.3. The molecule has 1 aliphatic heterocycles. The van der Waals surface area contributed by atoms with Gasteiger partial charge >= 0.3 is 0 Å². The summed E-state index contributed by atoms with van der Waals surface area (Å²) in [7, 11) is 0. The molecule has 25 heavy (non-hydrogen) atoms. The van der Waals surface area contributed by atoms with Gasteiger partial charge in [-0.05, 0) is 54.6 Å². The molecule has 0 bridgehead atoms. The van der Waals surface area contributed by atoms with Crippen LogP contribution in [-0.2, 0) is 13.0 Å². The normalized spacial score (nSPS) is 13.6.